The third-order valence-corrected chi connectivity index (χ3v) is 4.00. The molecule has 2 N–H and O–H groups in total. The summed E-state index contributed by atoms with van der Waals surface area (Å²) >= 11 is 5.61. The van der Waals surface area contributed by atoms with Gasteiger partial charge in [0.25, 0.3) is 0 Å². The maximum absolute atomic E-state index is 13.1. The van der Waals surface area contributed by atoms with Crippen molar-refractivity contribution in [3.63, 3.8) is 0 Å². The van der Waals surface area contributed by atoms with Crippen molar-refractivity contribution in [1.29, 1.82) is 0 Å². The van der Waals surface area contributed by atoms with Crippen LogP contribution in [0.3, 0.4) is 0 Å². The van der Waals surface area contributed by atoms with Crippen molar-refractivity contribution in [2.75, 3.05) is 37.9 Å². The third-order valence-electron chi connectivity index (χ3n) is 3.76. The lowest BCUT2D eigenvalue weighted by atomic mass is 10.1. The lowest BCUT2D eigenvalue weighted by Gasteiger charge is -2.18. The molecular formula is C19H19ClF3N3O3. The first kappa shape index (κ1) is 22.5. The Hall–Kier alpha value is -2.78. The van der Waals surface area contributed by atoms with Gasteiger partial charge in [-0.2, -0.15) is 13.2 Å². The number of carbonyl (C=O) groups excluding carboxylic acids is 2. The highest BCUT2D eigenvalue weighted by Crippen LogP contribution is 2.36. The largest absolute Gasteiger partial charge is 0.497 e. The first-order chi connectivity index (χ1) is 13.6. The molecule has 0 heterocycles. The second-order valence-corrected chi connectivity index (χ2v) is 6.62. The lowest BCUT2D eigenvalue weighted by Crippen LogP contribution is -2.36. The van der Waals surface area contributed by atoms with Gasteiger partial charge in [0.05, 0.1) is 31.5 Å². The number of amides is 2. The second kappa shape index (κ2) is 9.62. The molecular weight excluding hydrogens is 411 g/mol. The molecule has 2 aromatic carbocycles. The Morgan fingerprint density at radius 3 is 2.17 bits per heavy atom. The molecule has 0 aliphatic heterocycles. The molecule has 0 radical (unpaired) electrons. The van der Waals surface area contributed by atoms with Crippen LogP contribution >= 0.6 is 11.6 Å². The fourth-order valence-corrected chi connectivity index (χ4v) is 2.64. The average molecular weight is 430 g/mol. The average Bonchev–Trinajstić information content (AvgIpc) is 2.62. The Morgan fingerprint density at radius 2 is 1.62 bits per heavy atom. The number of nitrogens with zero attached hydrogens (tertiary/aromatic N) is 1. The van der Waals surface area contributed by atoms with Crippen LogP contribution in [0, 0.1) is 0 Å². The van der Waals surface area contributed by atoms with E-state index < -0.39 is 23.3 Å². The maximum atomic E-state index is 13.1. The van der Waals surface area contributed by atoms with Crippen LogP contribution < -0.4 is 15.4 Å². The Kier molecular flexibility index (Phi) is 7.46. The number of hydrogen-bond donors (Lipinski definition) is 2. The van der Waals surface area contributed by atoms with Gasteiger partial charge in [-0.05, 0) is 49.5 Å². The van der Waals surface area contributed by atoms with E-state index in [0.717, 1.165) is 12.1 Å². The number of halogens is 4. The van der Waals surface area contributed by atoms with Crippen molar-refractivity contribution < 1.29 is 27.5 Å². The summed E-state index contributed by atoms with van der Waals surface area (Å²) in [6.45, 7) is -0.415. The number of alkyl halides is 3. The molecule has 2 amide bonds. The number of carbonyl (C=O) groups is 2. The summed E-state index contributed by atoms with van der Waals surface area (Å²) < 4.78 is 44.3. The van der Waals surface area contributed by atoms with E-state index in [-0.39, 0.29) is 24.0 Å². The van der Waals surface area contributed by atoms with E-state index in [4.69, 9.17) is 16.3 Å². The zero-order chi connectivity index (χ0) is 21.6. The molecule has 0 atom stereocenters. The quantitative estimate of drug-likeness (QED) is 0.701. The molecule has 0 aliphatic rings. The third kappa shape index (κ3) is 6.95. The summed E-state index contributed by atoms with van der Waals surface area (Å²) in [6, 6.07) is 9.74. The fourth-order valence-electron chi connectivity index (χ4n) is 2.47. The zero-order valence-corrected chi connectivity index (χ0v) is 16.4. The standard InChI is InChI=1S/C19H19ClF3N3O3/c1-26(10-17(27)24-13-4-6-14(29-2)7-5-13)11-18(28)25-16-8-3-12(20)9-15(16)19(21,22)23/h3-9H,10-11H2,1-2H3,(H,24,27)(H,25,28). The van der Waals surface area contributed by atoms with Gasteiger partial charge in [-0.3, -0.25) is 14.5 Å². The molecule has 156 valence electrons. The molecule has 0 unspecified atom stereocenters. The van der Waals surface area contributed by atoms with Crippen LogP contribution in [0.5, 0.6) is 5.75 Å². The summed E-state index contributed by atoms with van der Waals surface area (Å²) in [6.07, 6.45) is -4.67. The van der Waals surface area contributed by atoms with Crippen LogP contribution in [-0.4, -0.2) is 44.0 Å². The molecule has 0 aliphatic carbocycles. The van der Waals surface area contributed by atoms with Gasteiger partial charge in [-0.1, -0.05) is 11.6 Å². The van der Waals surface area contributed by atoms with Crippen LogP contribution in [-0.2, 0) is 15.8 Å². The number of methoxy groups -OCH3 is 1. The molecule has 10 heteroatoms. The summed E-state index contributed by atoms with van der Waals surface area (Å²) in [5, 5.41) is 4.76. The number of hydrogen-bond acceptors (Lipinski definition) is 4. The fraction of sp³-hybridized carbons (Fsp3) is 0.263. The Morgan fingerprint density at radius 1 is 1.03 bits per heavy atom. The molecule has 0 spiro atoms. The van der Waals surface area contributed by atoms with Crippen molar-refractivity contribution in [1.82, 2.24) is 4.90 Å². The number of ether oxygens (including phenoxy) is 1. The molecule has 0 bridgehead atoms. The Labute approximate surface area is 170 Å². The van der Waals surface area contributed by atoms with Gasteiger partial charge in [0.15, 0.2) is 0 Å². The van der Waals surface area contributed by atoms with Gasteiger partial charge in [0, 0.05) is 10.7 Å². The summed E-state index contributed by atoms with van der Waals surface area (Å²) in [7, 11) is 3.02. The SMILES string of the molecule is COc1ccc(NC(=O)CN(C)CC(=O)Nc2ccc(Cl)cc2C(F)(F)F)cc1. The minimum atomic E-state index is -4.67. The van der Waals surface area contributed by atoms with Crippen LogP contribution in [0.1, 0.15) is 5.56 Å². The molecule has 6 nitrogen and oxygen atoms in total. The molecule has 0 saturated carbocycles. The summed E-state index contributed by atoms with van der Waals surface area (Å²) in [5.41, 5.74) is -0.897. The van der Waals surface area contributed by atoms with Crippen LogP contribution in [0.25, 0.3) is 0 Å². The van der Waals surface area contributed by atoms with Gasteiger partial charge < -0.3 is 15.4 Å². The first-order valence-electron chi connectivity index (χ1n) is 8.37. The van der Waals surface area contributed by atoms with E-state index in [2.05, 4.69) is 10.6 Å². The van der Waals surface area contributed by atoms with Crippen molar-refractivity contribution in [2.24, 2.45) is 0 Å². The first-order valence-corrected chi connectivity index (χ1v) is 8.75. The predicted octanol–water partition coefficient (Wildman–Crippen LogP) is 3.88. The van der Waals surface area contributed by atoms with Crippen LogP contribution in [0.4, 0.5) is 24.5 Å². The van der Waals surface area contributed by atoms with E-state index >= 15 is 0 Å². The highest BCUT2D eigenvalue weighted by Gasteiger charge is 2.34. The van der Waals surface area contributed by atoms with Crippen molar-refractivity contribution in [2.45, 2.75) is 6.18 Å². The van der Waals surface area contributed by atoms with Gasteiger partial charge in [0.2, 0.25) is 11.8 Å². The molecule has 0 saturated heterocycles. The molecule has 2 rings (SSSR count). The van der Waals surface area contributed by atoms with Gasteiger partial charge >= 0.3 is 6.18 Å². The number of likely N-dealkylation sites (N-methyl/N-ethyl adjacent to an activating group) is 1. The number of anilines is 2. The molecule has 2 aromatic rings. The number of benzene rings is 2. The summed E-state index contributed by atoms with van der Waals surface area (Å²) in [4.78, 5) is 25.5. The van der Waals surface area contributed by atoms with Crippen molar-refractivity contribution in [3.8, 4) is 5.75 Å². The minimum absolute atomic E-state index is 0.0948. The molecule has 0 aromatic heterocycles. The predicted molar refractivity (Wildman–Crippen MR) is 104 cm³/mol. The van der Waals surface area contributed by atoms with E-state index in [1.165, 1.54) is 25.1 Å². The molecule has 29 heavy (non-hydrogen) atoms. The van der Waals surface area contributed by atoms with E-state index in [1.807, 2.05) is 0 Å². The van der Waals surface area contributed by atoms with Crippen LogP contribution in [0.2, 0.25) is 5.02 Å². The van der Waals surface area contributed by atoms with Crippen LogP contribution in [0.15, 0.2) is 42.5 Å². The summed E-state index contributed by atoms with van der Waals surface area (Å²) in [5.74, 6) is -0.442. The minimum Gasteiger partial charge on any atom is -0.497 e. The van der Waals surface area contributed by atoms with Crippen molar-refractivity contribution in [3.05, 3.63) is 53.1 Å². The zero-order valence-electron chi connectivity index (χ0n) is 15.6. The second-order valence-electron chi connectivity index (χ2n) is 6.18. The normalized spacial score (nSPS) is 11.3. The Balaban J connectivity index is 1.91. The van der Waals surface area contributed by atoms with Gasteiger partial charge in [-0.15, -0.1) is 0 Å². The topological polar surface area (TPSA) is 70.7 Å². The Bertz CT molecular complexity index is 873. The number of nitrogens with one attached hydrogen (secondary N) is 2. The number of rotatable bonds is 7. The van der Waals surface area contributed by atoms with Crippen molar-refractivity contribution >= 4 is 34.8 Å². The highest BCUT2D eigenvalue weighted by atomic mass is 35.5. The molecule has 0 fully saturated rings. The monoisotopic (exact) mass is 429 g/mol. The van der Waals surface area contributed by atoms with E-state index in [9.17, 15) is 22.8 Å². The highest BCUT2D eigenvalue weighted by molar-refractivity contribution is 6.30. The maximum Gasteiger partial charge on any atom is 0.418 e. The van der Waals surface area contributed by atoms with Gasteiger partial charge in [0.1, 0.15) is 5.75 Å². The van der Waals surface area contributed by atoms with E-state index in [0.29, 0.717) is 11.4 Å². The lowest BCUT2D eigenvalue weighted by molar-refractivity contribution is -0.137. The smallest absolute Gasteiger partial charge is 0.418 e. The van der Waals surface area contributed by atoms with E-state index in [1.54, 1.807) is 24.3 Å². The van der Waals surface area contributed by atoms with Gasteiger partial charge in [-0.25, -0.2) is 0 Å².